The van der Waals surface area contributed by atoms with Gasteiger partial charge in [0.1, 0.15) is 46.0 Å². The molecule has 0 amide bonds. The summed E-state index contributed by atoms with van der Waals surface area (Å²) in [5, 5.41) is 54.9. The van der Waals surface area contributed by atoms with Crippen LogP contribution in [0, 0.1) is 37.5 Å². The van der Waals surface area contributed by atoms with Gasteiger partial charge in [-0.05, 0) is 123 Å². The maximum absolute atomic E-state index is 12.6. The van der Waals surface area contributed by atoms with E-state index < -0.39 is 11.9 Å². The van der Waals surface area contributed by atoms with Gasteiger partial charge in [-0.1, -0.05) is 161 Å². The van der Waals surface area contributed by atoms with Gasteiger partial charge in [0.25, 0.3) is 0 Å². The second-order valence-corrected chi connectivity index (χ2v) is 21.1. The normalized spacial score (nSPS) is 15.4. The first-order valence-electron chi connectivity index (χ1n) is 27.6. The second-order valence-electron chi connectivity index (χ2n) is 21.1. The van der Waals surface area contributed by atoms with Gasteiger partial charge in [0, 0.05) is 49.9 Å². The number of Topliss-reactive ketones (excluding diaryl/α,β-unsaturated/α-hetero) is 2. The molecular weight excluding hydrogens is 997 g/mol. The number of carbonyl (C=O) groups is 4. The molecule has 0 saturated heterocycles. The van der Waals surface area contributed by atoms with Gasteiger partial charge in [0.05, 0.1) is 11.1 Å². The number of ether oxygens (including phenoxy) is 2. The van der Waals surface area contributed by atoms with Crippen LogP contribution >= 0.6 is 0 Å². The summed E-state index contributed by atoms with van der Waals surface area (Å²) < 4.78 is 10.1. The van der Waals surface area contributed by atoms with E-state index in [2.05, 4.69) is 32.0 Å². The Morgan fingerprint density at radius 1 is 0.430 bits per heavy atom. The van der Waals surface area contributed by atoms with Gasteiger partial charge in [0.15, 0.2) is 11.6 Å². The van der Waals surface area contributed by atoms with Crippen molar-refractivity contribution >= 4 is 23.5 Å². The van der Waals surface area contributed by atoms with Crippen molar-refractivity contribution in [3.05, 3.63) is 130 Å². The molecule has 4 fully saturated rings. The summed E-state index contributed by atoms with van der Waals surface area (Å²) in [5.74, 6) is 1.54. The van der Waals surface area contributed by atoms with Gasteiger partial charge < -0.3 is 40.1 Å². The van der Waals surface area contributed by atoms with Crippen LogP contribution in [0.2, 0.25) is 0 Å². The predicted molar refractivity (Wildman–Crippen MR) is 317 cm³/mol. The lowest BCUT2D eigenvalue weighted by atomic mass is 9.83. The van der Waals surface area contributed by atoms with Gasteiger partial charge in [-0.15, -0.1) is 0 Å². The third-order valence-corrected chi connectivity index (χ3v) is 14.8. The molecule has 0 atom stereocenters. The molecule has 0 unspecified atom stereocenters. The maximum Gasteiger partial charge on any atom is 0.308 e. The Balaban J connectivity index is 0.000000343. The van der Waals surface area contributed by atoms with Crippen molar-refractivity contribution in [3.63, 3.8) is 0 Å². The van der Waals surface area contributed by atoms with Crippen molar-refractivity contribution < 1.29 is 59.3 Å². The Hall–Kier alpha value is -6.82. The third-order valence-electron chi connectivity index (χ3n) is 14.8. The average molecular weight is 1090 g/mol. The number of aromatic hydroxyl groups is 6. The SMILES string of the molecule is C.C.C.CC(=O)Oc1ccc(C(=O)C2CCCCC2)c(OC(C)=O)c1.Cc1ccc(CC2CCCCC2)c(C)c1.O=C(c1ccc(O)cc1O)C1CCCCC1.Oc1ccc(CC2CCCCC2)c(O)c1.Oc1cccc(O)c1. The van der Waals surface area contributed by atoms with Crippen LogP contribution in [-0.2, 0) is 22.4 Å². The number of ketones is 2. The molecule has 4 aliphatic carbocycles. The zero-order valence-electron chi connectivity index (χ0n) is 45.2. The highest BCUT2D eigenvalue weighted by molar-refractivity contribution is 6.01. The maximum atomic E-state index is 12.6. The van der Waals surface area contributed by atoms with Crippen molar-refractivity contribution in [1.29, 1.82) is 0 Å². The lowest BCUT2D eigenvalue weighted by Gasteiger charge is -2.22. The number of esters is 2. The molecule has 4 aliphatic rings. The first-order valence-corrected chi connectivity index (χ1v) is 27.6. The highest BCUT2D eigenvalue weighted by atomic mass is 16.5. The summed E-state index contributed by atoms with van der Waals surface area (Å²) >= 11 is 0. The molecule has 5 aromatic carbocycles. The van der Waals surface area contributed by atoms with Crippen LogP contribution < -0.4 is 9.47 Å². The van der Waals surface area contributed by atoms with Crippen LogP contribution in [0.1, 0.15) is 208 Å². The highest BCUT2D eigenvalue weighted by Crippen LogP contribution is 2.35. The van der Waals surface area contributed by atoms with E-state index in [1.54, 1.807) is 29.8 Å². The Kier molecular flexibility index (Phi) is 30.8. The van der Waals surface area contributed by atoms with E-state index >= 15 is 0 Å². The molecule has 0 spiro atoms. The van der Waals surface area contributed by atoms with Gasteiger partial charge in [0.2, 0.25) is 0 Å². The Morgan fingerprint density at radius 3 is 1.29 bits per heavy atom. The van der Waals surface area contributed by atoms with Crippen LogP contribution in [0.25, 0.3) is 0 Å². The number of aryl methyl sites for hydroxylation is 2. The van der Waals surface area contributed by atoms with Gasteiger partial charge in [-0.25, -0.2) is 0 Å². The minimum Gasteiger partial charge on any atom is -0.508 e. The molecule has 12 heteroatoms. The first kappa shape index (κ1) is 68.3. The Bertz CT molecular complexity index is 2550. The van der Waals surface area contributed by atoms with Crippen molar-refractivity contribution in [3.8, 4) is 46.0 Å². The molecule has 0 radical (unpaired) electrons. The van der Waals surface area contributed by atoms with Crippen LogP contribution in [0.5, 0.6) is 46.0 Å². The zero-order chi connectivity index (χ0) is 55.0. The molecule has 5 aromatic rings. The molecule has 6 N–H and O–H groups in total. The van der Waals surface area contributed by atoms with Crippen LogP contribution in [-0.4, -0.2) is 54.1 Å². The van der Waals surface area contributed by atoms with E-state index in [-0.39, 0.29) is 91.7 Å². The molecule has 79 heavy (non-hydrogen) atoms. The molecule has 0 aromatic heterocycles. The topological polar surface area (TPSA) is 208 Å². The van der Waals surface area contributed by atoms with Gasteiger partial charge in [-0.2, -0.15) is 0 Å². The number of hydrogen-bond acceptors (Lipinski definition) is 12. The number of phenols is 6. The number of hydrogen-bond donors (Lipinski definition) is 6. The monoisotopic (exact) mass is 1090 g/mol. The van der Waals surface area contributed by atoms with E-state index in [1.807, 2.05) is 6.07 Å². The first-order chi connectivity index (χ1) is 36.4. The lowest BCUT2D eigenvalue weighted by Crippen LogP contribution is -2.19. The fraction of sp³-hybridized carbons (Fsp3) is 0.493. The summed E-state index contributed by atoms with van der Waals surface area (Å²) in [4.78, 5) is 47.0. The summed E-state index contributed by atoms with van der Waals surface area (Å²) in [6, 6.07) is 26.4. The molecule has 4 saturated carbocycles. The standard InChI is InChI=1S/C17H20O5.C15H22.C13H16O3.C13H18O2.C6H6O2.3CH4/c1-11(18)21-14-8-9-15(16(10-14)22-12(2)19)17(20)13-6-4-3-5-7-13;1-12-8-9-15(13(2)10-12)11-14-6-4-3-5-7-14;14-10-6-7-11(12(15)8-10)13(16)9-4-2-1-3-5-9;14-12-7-6-11(13(15)9-12)8-10-4-2-1-3-5-10;7-5-2-1-3-6(8)4-5;;;/h8-10,13H,3-7H2,1-2H3;8-10,14H,3-7,11H2,1-2H3;6-9,14-15H,1-5H2;6-7,9-10,14-15H,1-5,8H2;1-4,7-8H;3*1H4. The van der Waals surface area contributed by atoms with E-state index in [0.29, 0.717) is 17.0 Å². The highest BCUT2D eigenvalue weighted by Gasteiger charge is 2.27. The second kappa shape index (κ2) is 35.6. The summed E-state index contributed by atoms with van der Waals surface area (Å²) in [7, 11) is 0. The quantitative estimate of drug-likeness (QED) is 0.0439. The van der Waals surface area contributed by atoms with Crippen LogP contribution in [0.4, 0.5) is 0 Å². The van der Waals surface area contributed by atoms with E-state index in [4.69, 9.17) is 24.8 Å². The average Bonchev–Trinajstić information content (AvgIpc) is 3.40. The van der Waals surface area contributed by atoms with E-state index in [9.17, 15) is 34.5 Å². The van der Waals surface area contributed by atoms with Crippen molar-refractivity contribution in [2.45, 2.75) is 191 Å². The van der Waals surface area contributed by atoms with Crippen molar-refractivity contribution in [1.82, 2.24) is 0 Å². The van der Waals surface area contributed by atoms with Crippen LogP contribution in [0.3, 0.4) is 0 Å². The number of rotatable bonds is 10. The van der Waals surface area contributed by atoms with Crippen LogP contribution in [0.15, 0.2) is 97.1 Å². The third kappa shape index (κ3) is 24.0. The minimum atomic E-state index is -0.516. The molecular formula is C67H94O12. The summed E-state index contributed by atoms with van der Waals surface area (Å²) in [6.45, 7) is 6.99. The summed E-state index contributed by atoms with van der Waals surface area (Å²) in [6.07, 6.45) is 26.3. The molecule has 9 rings (SSSR count). The molecule has 0 aliphatic heterocycles. The molecule has 0 heterocycles. The van der Waals surface area contributed by atoms with E-state index in [0.717, 1.165) is 75.7 Å². The van der Waals surface area contributed by atoms with Crippen molar-refractivity contribution in [2.75, 3.05) is 0 Å². The zero-order valence-corrected chi connectivity index (χ0v) is 45.2. The van der Waals surface area contributed by atoms with E-state index in [1.165, 1.54) is 151 Å². The smallest absolute Gasteiger partial charge is 0.308 e. The van der Waals surface area contributed by atoms with Gasteiger partial charge in [-0.3, -0.25) is 19.2 Å². The Labute approximate surface area is 472 Å². The fourth-order valence-electron chi connectivity index (χ4n) is 10.8. The fourth-order valence-corrected chi connectivity index (χ4v) is 10.8. The number of carbonyl (C=O) groups excluding carboxylic acids is 4. The predicted octanol–water partition coefficient (Wildman–Crippen LogP) is 16.8. The number of phenolic OH excluding ortho intramolecular Hbond substituents is 6. The minimum absolute atomic E-state index is 0. The molecule has 0 bridgehead atoms. The largest absolute Gasteiger partial charge is 0.508 e. The molecule has 12 nitrogen and oxygen atoms in total. The number of benzene rings is 5. The molecule has 434 valence electrons. The Morgan fingerprint density at radius 2 is 0.848 bits per heavy atom. The summed E-state index contributed by atoms with van der Waals surface area (Å²) in [5.41, 5.74) is 6.13. The van der Waals surface area contributed by atoms with Crippen molar-refractivity contribution in [2.24, 2.45) is 23.7 Å². The lowest BCUT2D eigenvalue weighted by molar-refractivity contribution is -0.132. The van der Waals surface area contributed by atoms with Gasteiger partial charge >= 0.3 is 11.9 Å².